The van der Waals surface area contributed by atoms with Gasteiger partial charge in [-0.1, -0.05) is 63.7 Å². The van der Waals surface area contributed by atoms with E-state index in [-0.39, 0.29) is 0 Å². The van der Waals surface area contributed by atoms with Gasteiger partial charge in [-0.2, -0.15) is 0 Å². The van der Waals surface area contributed by atoms with Gasteiger partial charge in [0, 0.05) is 11.3 Å². The quantitative estimate of drug-likeness (QED) is 0.803. The third kappa shape index (κ3) is 3.51. The Kier molecular flexibility index (Phi) is 4.48. The van der Waals surface area contributed by atoms with E-state index in [0.29, 0.717) is 10.6 Å². The van der Waals surface area contributed by atoms with Crippen LogP contribution in [0.3, 0.4) is 0 Å². The number of rotatable bonds is 4. The van der Waals surface area contributed by atoms with Crippen LogP contribution < -0.4 is 0 Å². The molecule has 0 radical (unpaired) electrons. The first-order chi connectivity index (χ1) is 9.10. The monoisotopic (exact) mass is 272 g/mol. The maximum atomic E-state index is 5.24. The van der Waals surface area contributed by atoms with Crippen molar-refractivity contribution in [1.82, 2.24) is 9.97 Å². The van der Waals surface area contributed by atoms with Crippen LogP contribution in [-0.4, -0.2) is 9.97 Å². The van der Waals surface area contributed by atoms with Gasteiger partial charge in [-0.05, 0) is 24.0 Å². The standard InChI is InChI=1S/C16H20N2S/c1-4-5-14-10-15(19)18-16(17-14)13-8-6-12(7-9-13)11(2)3/h6-11H,4-5H2,1-3H3,(H,17,18,19). The molecule has 2 nitrogen and oxygen atoms in total. The van der Waals surface area contributed by atoms with E-state index in [1.54, 1.807) is 0 Å². The van der Waals surface area contributed by atoms with Crippen LogP contribution in [0, 0.1) is 4.64 Å². The molecule has 1 aromatic carbocycles. The van der Waals surface area contributed by atoms with Crippen molar-refractivity contribution in [3.8, 4) is 11.4 Å². The van der Waals surface area contributed by atoms with Gasteiger partial charge in [0.25, 0.3) is 0 Å². The predicted molar refractivity (Wildman–Crippen MR) is 82.9 cm³/mol. The van der Waals surface area contributed by atoms with Gasteiger partial charge in [0.15, 0.2) is 0 Å². The molecular formula is C16H20N2S. The molecule has 3 heteroatoms. The SMILES string of the molecule is CCCc1cc(=S)nc(-c2ccc(C(C)C)cc2)[nH]1. The number of aromatic amines is 1. The first-order valence-corrected chi connectivity index (χ1v) is 7.21. The second-order valence-electron chi connectivity index (χ2n) is 5.12. The molecule has 0 bridgehead atoms. The summed E-state index contributed by atoms with van der Waals surface area (Å²) in [7, 11) is 0. The third-order valence-electron chi connectivity index (χ3n) is 3.17. The maximum Gasteiger partial charge on any atom is 0.139 e. The molecule has 0 saturated heterocycles. The molecule has 2 aromatic rings. The fraction of sp³-hybridized carbons (Fsp3) is 0.375. The van der Waals surface area contributed by atoms with Crippen LogP contribution in [0.4, 0.5) is 0 Å². The van der Waals surface area contributed by atoms with Crippen LogP contribution >= 0.6 is 12.2 Å². The maximum absolute atomic E-state index is 5.24. The highest BCUT2D eigenvalue weighted by Gasteiger charge is 2.04. The number of hydrogen-bond donors (Lipinski definition) is 1. The van der Waals surface area contributed by atoms with E-state index in [4.69, 9.17) is 12.2 Å². The zero-order valence-electron chi connectivity index (χ0n) is 11.7. The summed E-state index contributed by atoms with van der Waals surface area (Å²) in [5.41, 5.74) is 3.59. The van der Waals surface area contributed by atoms with E-state index in [9.17, 15) is 0 Å². The average Bonchev–Trinajstić information content (AvgIpc) is 2.38. The highest BCUT2D eigenvalue weighted by atomic mass is 32.1. The lowest BCUT2D eigenvalue weighted by Crippen LogP contribution is -1.96. The third-order valence-corrected chi connectivity index (χ3v) is 3.38. The van der Waals surface area contributed by atoms with E-state index >= 15 is 0 Å². The summed E-state index contributed by atoms with van der Waals surface area (Å²) in [6, 6.07) is 10.5. The Labute approximate surface area is 119 Å². The molecule has 0 atom stereocenters. The summed E-state index contributed by atoms with van der Waals surface area (Å²) in [5.74, 6) is 1.41. The van der Waals surface area contributed by atoms with Gasteiger partial charge < -0.3 is 4.98 Å². The van der Waals surface area contributed by atoms with E-state index in [2.05, 4.69) is 55.0 Å². The van der Waals surface area contributed by atoms with E-state index in [1.165, 1.54) is 5.56 Å². The van der Waals surface area contributed by atoms with Crippen LogP contribution in [0.1, 0.15) is 44.4 Å². The molecule has 0 fully saturated rings. The Balaban J connectivity index is 2.38. The molecule has 1 aromatic heterocycles. The summed E-state index contributed by atoms with van der Waals surface area (Å²) in [6.07, 6.45) is 2.10. The molecule has 0 aliphatic heterocycles. The van der Waals surface area contributed by atoms with Crippen LogP contribution in [0.15, 0.2) is 30.3 Å². The van der Waals surface area contributed by atoms with Gasteiger partial charge in [-0.15, -0.1) is 0 Å². The number of nitrogens with one attached hydrogen (secondary N) is 1. The second kappa shape index (κ2) is 6.11. The predicted octanol–water partition coefficient (Wildman–Crippen LogP) is 4.88. The molecule has 19 heavy (non-hydrogen) atoms. The van der Waals surface area contributed by atoms with Crippen molar-refractivity contribution in [2.75, 3.05) is 0 Å². The number of benzene rings is 1. The lowest BCUT2D eigenvalue weighted by atomic mass is 10.0. The first-order valence-electron chi connectivity index (χ1n) is 6.80. The molecule has 0 spiro atoms. The van der Waals surface area contributed by atoms with Crippen molar-refractivity contribution in [3.05, 3.63) is 46.2 Å². The zero-order valence-corrected chi connectivity index (χ0v) is 12.6. The molecule has 2 rings (SSSR count). The molecule has 0 unspecified atom stereocenters. The minimum atomic E-state index is 0.548. The van der Waals surface area contributed by atoms with Gasteiger partial charge >= 0.3 is 0 Å². The van der Waals surface area contributed by atoms with E-state index in [1.807, 2.05) is 6.07 Å². The smallest absolute Gasteiger partial charge is 0.139 e. The van der Waals surface area contributed by atoms with Crippen molar-refractivity contribution in [3.63, 3.8) is 0 Å². The average molecular weight is 272 g/mol. The summed E-state index contributed by atoms with van der Waals surface area (Å²) >= 11 is 5.24. The number of aromatic nitrogens is 2. The largest absolute Gasteiger partial charge is 0.343 e. The Morgan fingerprint density at radius 1 is 1.21 bits per heavy atom. The molecule has 0 amide bonds. The normalized spacial score (nSPS) is 10.9. The molecule has 1 N–H and O–H groups in total. The number of H-pyrrole nitrogens is 1. The van der Waals surface area contributed by atoms with Gasteiger partial charge in [0.1, 0.15) is 10.5 Å². The Bertz CT molecular complexity index is 597. The molecule has 0 aliphatic carbocycles. The van der Waals surface area contributed by atoms with Crippen LogP contribution in [-0.2, 0) is 6.42 Å². The van der Waals surface area contributed by atoms with Gasteiger partial charge in [0.05, 0.1) is 0 Å². The zero-order chi connectivity index (χ0) is 13.8. The number of aryl methyl sites for hydroxylation is 1. The van der Waals surface area contributed by atoms with Crippen molar-refractivity contribution in [2.24, 2.45) is 0 Å². The molecule has 100 valence electrons. The minimum absolute atomic E-state index is 0.548. The molecular weight excluding hydrogens is 252 g/mol. The van der Waals surface area contributed by atoms with Crippen LogP contribution in [0.2, 0.25) is 0 Å². The molecule has 0 aliphatic rings. The Hall–Kier alpha value is -1.48. The lowest BCUT2D eigenvalue weighted by Gasteiger charge is -2.08. The summed E-state index contributed by atoms with van der Waals surface area (Å²) in [4.78, 5) is 7.79. The summed E-state index contributed by atoms with van der Waals surface area (Å²) < 4.78 is 0.658. The van der Waals surface area contributed by atoms with Crippen molar-refractivity contribution in [1.29, 1.82) is 0 Å². The summed E-state index contributed by atoms with van der Waals surface area (Å²) in [6.45, 7) is 6.56. The second-order valence-corrected chi connectivity index (χ2v) is 5.54. The van der Waals surface area contributed by atoms with Crippen LogP contribution in [0.25, 0.3) is 11.4 Å². The van der Waals surface area contributed by atoms with E-state index < -0.39 is 0 Å². The van der Waals surface area contributed by atoms with E-state index in [0.717, 1.165) is 29.9 Å². The number of nitrogens with zero attached hydrogens (tertiary/aromatic N) is 1. The Morgan fingerprint density at radius 2 is 1.89 bits per heavy atom. The van der Waals surface area contributed by atoms with Gasteiger partial charge in [-0.25, -0.2) is 4.98 Å². The fourth-order valence-electron chi connectivity index (χ4n) is 2.07. The molecule has 1 heterocycles. The highest BCUT2D eigenvalue weighted by molar-refractivity contribution is 7.71. The Morgan fingerprint density at radius 3 is 2.47 bits per heavy atom. The van der Waals surface area contributed by atoms with Crippen molar-refractivity contribution < 1.29 is 0 Å². The van der Waals surface area contributed by atoms with Crippen LogP contribution in [0.5, 0.6) is 0 Å². The topological polar surface area (TPSA) is 28.7 Å². The lowest BCUT2D eigenvalue weighted by molar-refractivity contribution is 0.865. The minimum Gasteiger partial charge on any atom is -0.343 e. The van der Waals surface area contributed by atoms with Gasteiger partial charge in [-0.3, -0.25) is 0 Å². The summed E-state index contributed by atoms with van der Waals surface area (Å²) in [5, 5.41) is 0. The van der Waals surface area contributed by atoms with Gasteiger partial charge in [0.2, 0.25) is 0 Å². The highest BCUT2D eigenvalue weighted by Crippen LogP contribution is 2.20. The number of hydrogen-bond acceptors (Lipinski definition) is 2. The van der Waals surface area contributed by atoms with Crippen molar-refractivity contribution in [2.45, 2.75) is 39.5 Å². The first kappa shape index (κ1) is 13.9. The fourth-order valence-corrected chi connectivity index (χ4v) is 2.31. The molecule has 0 saturated carbocycles. The van der Waals surface area contributed by atoms with Crippen molar-refractivity contribution >= 4 is 12.2 Å².